The summed E-state index contributed by atoms with van der Waals surface area (Å²) >= 11 is 0. The molecule has 25 heavy (non-hydrogen) atoms. The maximum Gasteiger partial charge on any atom is 0.222 e. The lowest BCUT2D eigenvalue weighted by Gasteiger charge is -2.35. The van der Waals surface area contributed by atoms with Crippen LogP contribution in [0.5, 0.6) is 11.5 Å². The van der Waals surface area contributed by atoms with E-state index in [4.69, 9.17) is 15.2 Å². The van der Waals surface area contributed by atoms with Gasteiger partial charge in [0.2, 0.25) is 5.91 Å². The van der Waals surface area contributed by atoms with Crippen molar-refractivity contribution in [1.29, 1.82) is 0 Å². The highest BCUT2D eigenvalue weighted by molar-refractivity contribution is 5.85. The number of amides is 1. The SMILES string of the molecule is COc1ccc(OC)c(CN2CCN(C(=O)CCCN)CC2)c1.Cl.Cl. The Hall–Kier alpha value is -1.21. The van der Waals surface area contributed by atoms with Gasteiger partial charge in [-0.2, -0.15) is 0 Å². The predicted octanol–water partition coefficient (Wildman–Crippen LogP) is 1.93. The molecule has 2 N–H and O–H groups in total. The molecule has 0 aromatic heterocycles. The Labute approximate surface area is 162 Å². The van der Waals surface area contributed by atoms with E-state index < -0.39 is 0 Å². The van der Waals surface area contributed by atoms with E-state index >= 15 is 0 Å². The summed E-state index contributed by atoms with van der Waals surface area (Å²) in [6, 6.07) is 5.84. The highest BCUT2D eigenvalue weighted by Gasteiger charge is 2.21. The summed E-state index contributed by atoms with van der Waals surface area (Å²) in [4.78, 5) is 16.3. The summed E-state index contributed by atoms with van der Waals surface area (Å²) < 4.78 is 10.7. The molecule has 0 spiro atoms. The van der Waals surface area contributed by atoms with Crippen LogP contribution < -0.4 is 15.2 Å². The van der Waals surface area contributed by atoms with Gasteiger partial charge in [-0.25, -0.2) is 0 Å². The molecule has 0 unspecified atom stereocenters. The third kappa shape index (κ3) is 6.90. The minimum atomic E-state index is 0. The van der Waals surface area contributed by atoms with E-state index in [1.54, 1.807) is 14.2 Å². The zero-order valence-electron chi connectivity index (χ0n) is 14.9. The second-order valence-corrected chi connectivity index (χ2v) is 5.73. The summed E-state index contributed by atoms with van der Waals surface area (Å²) in [7, 11) is 3.34. The van der Waals surface area contributed by atoms with Crippen molar-refractivity contribution in [2.45, 2.75) is 19.4 Å². The summed E-state index contributed by atoms with van der Waals surface area (Å²) in [6.45, 7) is 4.65. The molecule has 1 saturated heterocycles. The molecule has 0 bridgehead atoms. The molecule has 1 aliphatic heterocycles. The quantitative estimate of drug-likeness (QED) is 0.766. The van der Waals surface area contributed by atoms with E-state index in [0.717, 1.165) is 56.2 Å². The van der Waals surface area contributed by atoms with Crippen molar-refractivity contribution >= 4 is 30.7 Å². The van der Waals surface area contributed by atoms with Crippen LogP contribution in [-0.4, -0.2) is 62.7 Å². The van der Waals surface area contributed by atoms with Crippen LogP contribution in [0.1, 0.15) is 18.4 Å². The lowest BCUT2D eigenvalue weighted by atomic mass is 10.1. The molecule has 0 saturated carbocycles. The number of nitrogens with two attached hydrogens (primary N) is 1. The molecule has 1 heterocycles. The van der Waals surface area contributed by atoms with Gasteiger partial charge >= 0.3 is 0 Å². The predicted molar refractivity (Wildman–Crippen MR) is 104 cm³/mol. The van der Waals surface area contributed by atoms with Gasteiger partial charge in [0, 0.05) is 44.7 Å². The molecule has 0 aliphatic carbocycles. The molecule has 1 fully saturated rings. The number of rotatable bonds is 7. The van der Waals surface area contributed by atoms with E-state index in [-0.39, 0.29) is 30.7 Å². The standard InChI is InChI=1S/C17H27N3O3.2ClH/c1-22-15-5-6-16(23-2)14(12-15)13-19-8-10-20(11-9-19)17(21)4-3-7-18;;/h5-6,12H,3-4,7-11,13,18H2,1-2H3;2*1H. The fraction of sp³-hybridized carbons (Fsp3) is 0.588. The van der Waals surface area contributed by atoms with Crippen molar-refractivity contribution in [3.05, 3.63) is 23.8 Å². The Morgan fingerprint density at radius 3 is 2.36 bits per heavy atom. The Balaban J connectivity index is 0.00000288. The highest BCUT2D eigenvalue weighted by Crippen LogP contribution is 2.25. The van der Waals surface area contributed by atoms with Crippen molar-refractivity contribution in [3.63, 3.8) is 0 Å². The third-order valence-corrected chi connectivity index (χ3v) is 4.20. The Kier molecular flexibility index (Phi) is 11.6. The van der Waals surface area contributed by atoms with Gasteiger partial charge < -0.3 is 20.1 Å². The zero-order chi connectivity index (χ0) is 16.7. The van der Waals surface area contributed by atoms with Gasteiger partial charge in [-0.05, 0) is 31.2 Å². The van der Waals surface area contributed by atoms with E-state index in [0.29, 0.717) is 13.0 Å². The van der Waals surface area contributed by atoms with Gasteiger partial charge in [-0.3, -0.25) is 9.69 Å². The number of carbonyl (C=O) groups excluding carboxylic acids is 1. The maximum absolute atomic E-state index is 12.0. The second kappa shape index (κ2) is 12.2. The summed E-state index contributed by atoms with van der Waals surface area (Å²) in [5.74, 6) is 1.91. The second-order valence-electron chi connectivity index (χ2n) is 5.73. The average molecular weight is 394 g/mol. The third-order valence-electron chi connectivity index (χ3n) is 4.20. The van der Waals surface area contributed by atoms with Crippen LogP contribution in [0.3, 0.4) is 0 Å². The van der Waals surface area contributed by atoms with Gasteiger partial charge in [-0.1, -0.05) is 0 Å². The van der Waals surface area contributed by atoms with Crippen molar-refractivity contribution in [2.24, 2.45) is 5.73 Å². The van der Waals surface area contributed by atoms with Gasteiger partial charge in [0.15, 0.2) is 0 Å². The Bertz CT molecular complexity index is 524. The maximum atomic E-state index is 12.0. The molecule has 6 nitrogen and oxygen atoms in total. The van der Waals surface area contributed by atoms with Crippen molar-refractivity contribution in [3.8, 4) is 11.5 Å². The number of piperazine rings is 1. The first-order valence-corrected chi connectivity index (χ1v) is 8.09. The number of carbonyl (C=O) groups is 1. The van der Waals surface area contributed by atoms with Crippen LogP contribution in [0.4, 0.5) is 0 Å². The van der Waals surface area contributed by atoms with Crippen LogP contribution >= 0.6 is 24.8 Å². The molecule has 0 radical (unpaired) electrons. The minimum absolute atomic E-state index is 0. The van der Waals surface area contributed by atoms with Gasteiger partial charge in [-0.15, -0.1) is 24.8 Å². The lowest BCUT2D eigenvalue weighted by Crippen LogP contribution is -2.48. The lowest BCUT2D eigenvalue weighted by molar-refractivity contribution is -0.133. The Morgan fingerprint density at radius 1 is 1.12 bits per heavy atom. The minimum Gasteiger partial charge on any atom is -0.497 e. The fourth-order valence-electron chi connectivity index (χ4n) is 2.81. The first-order chi connectivity index (χ1) is 11.2. The molecule has 8 heteroatoms. The number of halogens is 2. The fourth-order valence-corrected chi connectivity index (χ4v) is 2.81. The topological polar surface area (TPSA) is 68.0 Å². The first-order valence-electron chi connectivity index (χ1n) is 8.09. The first kappa shape index (κ1) is 23.8. The molecule has 1 aliphatic rings. The molecule has 1 amide bonds. The molecule has 0 atom stereocenters. The molecule has 2 rings (SSSR count). The van der Waals surface area contributed by atoms with Crippen molar-refractivity contribution in [2.75, 3.05) is 46.9 Å². The Morgan fingerprint density at radius 2 is 1.80 bits per heavy atom. The number of hydrogen-bond donors (Lipinski definition) is 1. The highest BCUT2D eigenvalue weighted by atomic mass is 35.5. The summed E-state index contributed by atoms with van der Waals surface area (Å²) in [6.07, 6.45) is 1.32. The number of methoxy groups -OCH3 is 2. The van der Waals surface area contributed by atoms with E-state index in [1.165, 1.54) is 0 Å². The smallest absolute Gasteiger partial charge is 0.222 e. The molecular weight excluding hydrogens is 365 g/mol. The summed E-state index contributed by atoms with van der Waals surface area (Å²) in [5.41, 5.74) is 6.57. The number of ether oxygens (including phenoxy) is 2. The number of hydrogen-bond acceptors (Lipinski definition) is 5. The molecular formula is C17H29Cl2N3O3. The molecule has 144 valence electrons. The largest absolute Gasteiger partial charge is 0.497 e. The number of benzene rings is 1. The molecule has 1 aromatic carbocycles. The number of nitrogens with zero attached hydrogens (tertiary/aromatic N) is 2. The van der Waals surface area contributed by atoms with Gasteiger partial charge in [0.1, 0.15) is 11.5 Å². The van der Waals surface area contributed by atoms with Crippen LogP contribution in [0, 0.1) is 0 Å². The van der Waals surface area contributed by atoms with E-state index in [9.17, 15) is 4.79 Å². The van der Waals surface area contributed by atoms with Crippen LogP contribution in [0.2, 0.25) is 0 Å². The van der Waals surface area contributed by atoms with Crippen molar-refractivity contribution < 1.29 is 14.3 Å². The zero-order valence-corrected chi connectivity index (χ0v) is 16.5. The van der Waals surface area contributed by atoms with Crippen LogP contribution in [0.25, 0.3) is 0 Å². The van der Waals surface area contributed by atoms with Gasteiger partial charge in [0.25, 0.3) is 0 Å². The van der Waals surface area contributed by atoms with Crippen molar-refractivity contribution in [1.82, 2.24) is 9.80 Å². The normalized spacial score (nSPS) is 14.3. The van der Waals surface area contributed by atoms with E-state index in [1.807, 2.05) is 23.1 Å². The molecule has 1 aromatic rings. The average Bonchev–Trinajstić information content (AvgIpc) is 2.60. The monoisotopic (exact) mass is 393 g/mol. The van der Waals surface area contributed by atoms with Crippen LogP contribution in [0.15, 0.2) is 18.2 Å². The van der Waals surface area contributed by atoms with E-state index in [2.05, 4.69) is 4.90 Å². The summed E-state index contributed by atoms with van der Waals surface area (Å²) in [5, 5.41) is 0. The van der Waals surface area contributed by atoms with Gasteiger partial charge in [0.05, 0.1) is 14.2 Å². The van der Waals surface area contributed by atoms with Crippen LogP contribution in [-0.2, 0) is 11.3 Å².